The van der Waals surface area contributed by atoms with E-state index in [0.717, 1.165) is 12.0 Å². The van der Waals surface area contributed by atoms with Crippen molar-refractivity contribution in [3.05, 3.63) is 64.2 Å². The van der Waals surface area contributed by atoms with Crippen LogP contribution < -0.4 is 9.47 Å². The van der Waals surface area contributed by atoms with Gasteiger partial charge in [-0.05, 0) is 48.2 Å². The minimum absolute atomic E-state index is 0.116. The van der Waals surface area contributed by atoms with E-state index in [2.05, 4.69) is 6.07 Å². The molecular weight excluding hydrogens is 394 g/mol. The molecule has 0 saturated heterocycles. The van der Waals surface area contributed by atoms with Gasteiger partial charge in [0.25, 0.3) is 5.91 Å². The number of carbonyl (C=O) groups is 2. The molecule has 6 nitrogen and oxygen atoms in total. The standard InChI is InChI=1S/C22H20ClNO5/c1-14(22(26)24-9-8-16-4-2-3-5-17(16)12-24)29-20(25)7-6-15-10-18(23)21-19(11-15)27-13-28-21/h2-7,10-11,14H,8-9,12-13H2,1H3/b7-6+/t14-/m0/s1. The predicted octanol–water partition coefficient (Wildman–Crippen LogP) is 3.60. The first-order valence-corrected chi connectivity index (χ1v) is 9.72. The second kappa shape index (κ2) is 8.17. The van der Waals surface area contributed by atoms with Crippen molar-refractivity contribution in [3.8, 4) is 11.5 Å². The van der Waals surface area contributed by atoms with Crippen LogP contribution >= 0.6 is 11.6 Å². The number of benzene rings is 2. The molecule has 0 aromatic heterocycles. The first kappa shape index (κ1) is 19.3. The summed E-state index contributed by atoms with van der Waals surface area (Å²) in [6.45, 7) is 2.85. The second-order valence-corrected chi connectivity index (χ2v) is 7.33. The maximum atomic E-state index is 12.7. The van der Waals surface area contributed by atoms with E-state index in [0.29, 0.717) is 35.2 Å². The molecule has 0 bridgehead atoms. The van der Waals surface area contributed by atoms with Gasteiger partial charge in [0.15, 0.2) is 17.6 Å². The van der Waals surface area contributed by atoms with Gasteiger partial charge in [-0.2, -0.15) is 0 Å². The summed E-state index contributed by atoms with van der Waals surface area (Å²) >= 11 is 6.13. The molecule has 2 aromatic rings. The SMILES string of the molecule is C[C@H](OC(=O)/C=C/c1cc(Cl)c2c(c1)OCO2)C(=O)N1CCc2ccccc2C1. The molecule has 2 aromatic carbocycles. The first-order chi connectivity index (χ1) is 14.0. The van der Waals surface area contributed by atoms with Crippen LogP contribution in [0.5, 0.6) is 11.5 Å². The van der Waals surface area contributed by atoms with E-state index in [9.17, 15) is 9.59 Å². The molecule has 1 amide bonds. The average Bonchev–Trinajstić information content (AvgIpc) is 3.20. The maximum Gasteiger partial charge on any atom is 0.331 e. The Labute approximate surface area is 173 Å². The molecule has 0 unspecified atom stereocenters. The molecule has 2 aliphatic rings. The Morgan fingerprint density at radius 1 is 1.21 bits per heavy atom. The Hall–Kier alpha value is -2.99. The van der Waals surface area contributed by atoms with E-state index in [4.69, 9.17) is 25.8 Å². The zero-order valence-corrected chi connectivity index (χ0v) is 16.6. The zero-order chi connectivity index (χ0) is 20.4. The number of hydrogen-bond donors (Lipinski definition) is 0. The van der Waals surface area contributed by atoms with Crippen molar-refractivity contribution < 1.29 is 23.8 Å². The van der Waals surface area contributed by atoms with Crippen molar-refractivity contribution in [2.45, 2.75) is 26.0 Å². The average molecular weight is 414 g/mol. The first-order valence-electron chi connectivity index (χ1n) is 9.34. The lowest BCUT2D eigenvalue weighted by molar-refractivity contribution is -0.155. The Bertz CT molecular complexity index is 987. The highest BCUT2D eigenvalue weighted by atomic mass is 35.5. The maximum absolute atomic E-state index is 12.7. The number of hydrogen-bond acceptors (Lipinski definition) is 5. The molecule has 2 aliphatic heterocycles. The molecule has 2 heterocycles. The monoisotopic (exact) mass is 413 g/mol. The van der Waals surface area contributed by atoms with Crippen LogP contribution in [0.25, 0.3) is 6.08 Å². The smallest absolute Gasteiger partial charge is 0.331 e. The highest BCUT2D eigenvalue weighted by Gasteiger charge is 2.26. The summed E-state index contributed by atoms with van der Waals surface area (Å²) in [6.07, 6.45) is 2.76. The molecule has 0 N–H and O–H groups in total. The lowest BCUT2D eigenvalue weighted by atomic mass is 9.99. The number of amides is 1. The Morgan fingerprint density at radius 2 is 2.00 bits per heavy atom. The van der Waals surface area contributed by atoms with Gasteiger partial charge in [0.1, 0.15) is 0 Å². The van der Waals surface area contributed by atoms with Crippen LogP contribution in [-0.2, 0) is 27.3 Å². The third-order valence-electron chi connectivity index (χ3n) is 4.94. The summed E-state index contributed by atoms with van der Waals surface area (Å²) in [6, 6.07) is 11.4. The van der Waals surface area contributed by atoms with Crippen LogP contribution in [0.3, 0.4) is 0 Å². The quantitative estimate of drug-likeness (QED) is 0.566. The number of halogens is 1. The minimum atomic E-state index is -0.863. The summed E-state index contributed by atoms with van der Waals surface area (Å²) in [5.41, 5.74) is 3.06. The van der Waals surface area contributed by atoms with Crippen molar-refractivity contribution in [3.63, 3.8) is 0 Å². The number of esters is 1. The topological polar surface area (TPSA) is 65.1 Å². The molecule has 0 spiro atoms. The number of rotatable bonds is 4. The van der Waals surface area contributed by atoms with Gasteiger partial charge in [-0.3, -0.25) is 4.79 Å². The summed E-state index contributed by atoms with van der Waals surface area (Å²) in [5, 5.41) is 0.405. The number of carbonyl (C=O) groups excluding carboxylic acids is 2. The lowest BCUT2D eigenvalue weighted by Gasteiger charge is -2.30. The van der Waals surface area contributed by atoms with Gasteiger partial charge in [-0.1, -0.05) is 35.9 Å². The van der Waals surface area contributed by atoms with E-state index >= 15 is 0 Å². The zero-order valence-electron chi connectivity index (χ0n) is 15.9. The molecule has 0 saturated carbocycles. The van der Waals surface area contributed by atoms with Crippen molar-refractivity contribution in [2.24, 2.45) is 0 Å². The Kier molecular flexibility index (Phi) is 5.45. The van der Waals surface area contributed by atoms with Crippen LogP contribution in [0.15, 0.2) is 42.5 Å². The van der Waals surface area contributed by atoms with E-state index in [1.807, 2.05) is 18.2 Å². The van der Waals surface area contributed by atoms with Gasteiger partial charge >= 0.3 is 5.97 Å². The van der Waals surface area contributed by atoms with Crippen LogP contribution in [0, 0.1) is 0 Å². The number of nitrogens with zero attached hydrogens (tertiary/aromatic N) is 1. The molecular formula is C22H20ClNO5. The fraction of sp³-hybridized carbons (Fsp3) is 0.273. The van der Waals surface area contributed by atoms with Gasteiger partial charge in [-0.15, -0.1) is 0 Å². The third-order valence-corrected chi connectivity index (χ3v) is 5.23. The molecule has 0 aliphatic carbocycles. The van der Waals surface area contributed by atoms with Crippen molar-refractivity contribution in [1.82, 2.24) is 4.90 Å². The third kappa shape index (κ3) is 4.22. The Morgan fingerprint density at radius 3 is 2.83 bits per heavy atom. The van der Waals surface area contributed by atoms with Crippen LogP contribution in [-0.4, -0.2) is 36.2 Å². The van der Waals surface area contributed by atoms with Gasteiger partial charge in [0, 0.05) is 19.2 Å². The van der Waals surface area contributed by atoms with Gasteiger partial charge in [0.05, 0.1) is 5.02 Å². The molecule has 1 atom stereocenters. The van der Waals surface area contributed by atoms with Crippen molar-refractivity contribution in [1.29, 1.82) is 0 Å². The van der Waals surface area contributed by atoms with Gasteiger partial charge < -0.3 is 19.1 Å². The minimum Gasteiger partial charge on any atom is -0.454 e. The summed E-state index contributed by atoms with van der Waals surface area (Å²) < 4.78 is 15.9. The Balaban J connectivity index is 1.35. The highest BCUT2D eigenvalue weighted by molar-refractivity contribution is 6.32. The van der Waals surface area contributed by atoms with Crippen molar-refractivity contribution in [2.75, 3.05) is 13.3 Å². The fourth-order valence-electron chi connectivity index (χ4n) is 3.45. The summed E-state index contributed by atoms with van der Waals surface area (Å²) in [4.78, 5) is 26.6. The van der Waals surface area contributed by atoms with Crippen LogP contribution in [0.1, 0.15) is 23.6 Å². The molecule has 29 heavy (non-hydrogen) atoms. The molecule has 0 radical (unpaired) electrons. The summed E-state index contributed by atoms with van der Waals surface area (Å²) in [5.74, 6) is 0.220. The predicted molar refractivity (Wildman–Crippen MR) is 108 cm³/mol. The second-order valence-electron chi connectivity index (χ2n) is 6.93. The van der Waals surface area contributed by atoms with E-state index < -0.39 is 12.1 Å². The van der Waals surface area contributed by atoms with Crippen LogP contribution in [0.2, 0.25) is 5.02 Å². The lowest BCUT2D eigenvalue weighted by Crippen LogP contribution is -2.42. The number of fused-ring (bicyclic) bond motifs is 2. The highest BCUT2D eigenvalue weighted by Crippen LogP contribution is 2.40. The molecule has 4 rings (SSSR count). The molecule has 7 heteroatoms. The number of ether oxygens (including phenoxy) is 3. The fourth-order valence-corrected chi connectivity index (χ4v) is 3.73. The largest absolute Gasteiger partial charge is 0.454 e. The van der Waals surface area contributed by atoms with Gasteiger partial charge in [0.2, 0.25) is 6.79 Å². The van der Waals surface area contributed by atoms with E-state index in [1.54, 1.807) is 30.0 Å². The summed E-state index contributed by atoms with van der Waals surface area (Å²) in [7, 11) is 0. The van der Waals surface area contributed by atoms with E-state index in [1.165, 1.54) is 11.6 Å². The normalized spacial score (nSPS) is 15.9. The van der Waals surface area contributed by atoms with Gasteiger partial charge in [-0.25, -0.2) is 4.79 Å². The molecule has 150 valence electrons. The molecule has 0 fully saturated rings. The van der Waals surface area contributed by atoms with Crippen molar-refractivity contribution >= 4 is 29.6 Å². The van der Waals surface area contributed by atoms with E-state index in [-0.39, 0.29) is 12.7 Å². The van der Waals surface area contributed by atoms with Crippen LogP contribution in [0.4, 0.5) is 0 Å².